The molecule has 0 spiro atoms. The molecular weight excluding hydrogens is 607 g/mol. The van der Waals surface area contributed by atoms with E-state index in [0.717, 1.165) is 23.5 Å². The van der Waals surface area contributed by atoms with Crippen LogP contribution in [0.1, 0.15) is 48.3 Å². The van der Waals surface area contributed by atoms with Gasteiger partial charge in [0.2, 0.25) is 17.7 Å². The number of nitriles is 1. The number of halogens is 2. The quantitative estimate of drug-likeness (QED) is 0.388. The number of carbonyl (C=O) groups is 4. The molecule has 3 heterocycles. The Kier molecular flexibility index (Phi) is 9.27. The summed E-state index contributed by atoms with van der Waals surface area (Å²) in [4.78, 5) is 75.6. The molecule has 12 nitrogen and oxygen atoms in total. The van der Waals surface area contributed by atoms with E-state index in [9.17, 15) is 32.5 Å². The fourth-order valence-electron chi connectivity index (χ4n) is 5.55. The van der Waals surface area contributed by atoms with Crippen LogP contribution in [-0.2, 0) is 24.6 Å². The van der Waals surface area contributed by atoms with Crippen LogP contribution in [0.3, 0.4) is 0 Å². The summed E-state index contributed by atoms with van der Waals surface area (Å²) < 4.78 is 40.2. The topological polar surface area (TPSA) is 171 Å². The number of likely N-dealkylation sites (N-methyl/N-ethyl adjacent to an activating group) is 1. The first-order valence-corrected chi connectivity index (χ1v) is 16.0. The summed E-state index contributed by atoms with van der Waals surface area (Å²) in [5.41, 5.74) is -5.33. The number of rotatable bonds is 7. The maximum atomic E-state index is 14.3. The van der Waals surface area contributed by atoms with Crippen molar-refractivity contribution < 1.29 is 42.3 Å². The molecule has 4 amide bonds. The minimum Gasteiger partial charge on any atom is -0.343 e. The highest BCUT2D eigenvalue weighted by molar-refractivity contribution is 7.52. The fourth-order valence-corrected chi connectivity index (χ4v) is 6.97. The van der Waals surface area contributed by atoms with Crippen LogP contribution in [0.25, 0.3) is 10.1 Å². The zero-order valence-electron chi connectivity index (χ0n) is 23.7. The van der Waals surface area contributed by atoms with E-state index in [0.29, 0.717) is 30.5 Å². The largest absolute Gasteiger partial charge is 0.399 e. The third-order valence-electron chi connectivity index (χ3n) is 7.82. The molecule has 2 aromatic rings. The molecule has 1 aromatic heterocycles. The molecule has 4 rings (SSSR count). The second-order valence-corrected chi connectivity index (χ2v) is 13.7. The van der Waals surface area contributed by atoms with Gasteiger partial charge in [0.05, 0.1) is 16.9 Å². The zero-order valence-corrected chi connectivity index (χ0v) is 25.4. The highest BCUT2D eigenvalue weighted by atomic mass is 32.1. The van der Waals surface area contributed by atoms with E-state index in [-0.39, 0.29) is 41.2 Å². The number of fused-ring (bicyclic) bond motifs is 2. The van der Waals surface area contributed by atoms with Crippen molar-refractivity contribution in [2.24, 2.45) is 5.92 Å². The normalized spacial score (nSPS) is 21.9. The van der Waals surface area contributed by atoms with E-state index in [1.807, 2.05) is 0 Å². The van der Waals surface area contributed by atoms with Gasteiger partial charge in [0, 0.05) is 49.9 Å². The summed E-state index contributed by atoms with van der Waals surface area (Å²) in [6, 6.07) is 4.01. The molecule has 2 aliphatic heterocycles. The fraction of sp³-hybridized carbons (Fsp3) is 0.519. The molecule has 43 heavy (non-hydrogen) atoms. The van der Waals surface area contributed by atoms with Crippen LogP contribution in [0.15, 0.2) is 24.3 Å². The van der Waals surface area contributed by atoms with Crippen LogP contribution < -0.4 is 5.32 Å². The summed E-state index contributed by atoms with van der Waals surface area (Å²) in [6.45, 7) is 3.38. The van der Waals surface area contributed by atoms with Crippen molar-refractivity contribution in [3.05, 3.63) is 34.7 Å². The molecule has 4 atom stereocenters. The van der Waals surface area contributed by atoms with E-state index in [1.165, 1.54) is 33.8 Å². The number of amides is 4. The first-order chi connectivity index (χ1) is 20.0. The highest BCUT2D eigenvalue weighted by Gasteiger charge is 2.50. The van der Waals surface area contributed by atoms with Crippen molar-refractivity contribution in [1.29, 1.82) is 5.26 Å². The lowest BCUT2D eigenvalue weighted by Crippen LogP contribution is -2.61. The maximum absolute atomic E-state index is 14.3. The van der Waals surface area contributed by atoms with Crippen molar-refractivity contribution in [2.75, 3.05) is 26.7 Å². The number of carbonyl (C=O) groups excluding carboxylic acids is 4. The monoisotopic (exact) mass is 639 g/mol. The lowest BCUT2D eigenvalue weighted by molar-refractivity contribution is -0.148. The molecule has 232 valence electrons. The van der Waals surface area contributed by atoms with E-state index in [2.05, 4.69) is 11.4 Å². The van der Waals surface area contributed by atoms with Crippen LogP contribution >= 0.6 is 18.9 Å². The molecule has 1 aromatic carbocycles. The Morgan fingerprint density at radius 2 is 1.95 bits per heavy atom. The van der Waals surface area contributed by atoms with E-state index >= 15 is 0 Å². The molecule has 2 aliphatic rings. The van der Waals surface area contributed by atoms with Gasteiger partial charge in [-0.15, -0.1) is 11.3 Å². The predicted octanol–water partition coefficient (Wildman–Crippen LogP) is 2.46. The van der Waals surface area contributed by atoms with Crippen molar-refractivity contribution in [1.82, 2.24) is 20.0 Å². The standard InChI is InChI=1S/C27H32F2N5O7PS/c1-15(12-30)13-32(3)26(38)21-6-5-19-8-9-33(16(2)35)14-20(25(37)34(19)21)31-24(36)23-11-17-10-18(4-7-22(17)43-23)27(28,29)42(39,40)41/h4,7,10-11,15,19-21H,5-6,8-9,13-14H2,1-3H3,(H,31,36)(H2,39,40,41)/t15?,19-,20?,21+/m1/s1. The lowest BCUT2D eigenvalue weighted by Gasteiger charge is -2.39. The van der Waals surface area contributed by atoms with Crippen LogP contribution in [-0.4, -0.2) is 92.9 Å². The Hall–Kier alpha value is -3.44. The Balaban J connectivity index is 1.61. The van der Waals surface area contributed by atoms with E-state index in [4.69, 9.17) is 15.0 Å². The molecule has 0 saturated carbocycles. The molecule has 2 saturated heterocycles. The molecular formula is C27H32F2N5O7PS. The molecule has 0 radical (unpaired) electrons. The number of alkyl halides is 2. The number of thiophene rings is 1. The Labute approximate surface area is 250 Å². The van der Waals surface area contributed by atoms with Crippen LogP contribution in [0.2, 0.25) is 0 Å². The summed E-state index contributed by atoms with van der Waals surface area (Å²) in [5, 5.41) is 12.0. The number of nitrogens with one attached hydrogen (secondary N) is 1. The Bertz CT molecular complexity index is 1540. The Morgan fingerprint density at radius 3 is 2.58 bits per heavy atom. The van der Waals surface area contributed by atoms with Gasteiger partial charge in [-0.1, -0.05) is 6.07 Å². The van der Waals surface area contributed by atoms with Gasteiger partial charge in [-0.05, 0) is 49.8 Å². The molecule has 2 unspecified atom stereocenters. The van der Waals surface area contributed by atoms with Gasteiger partial charge in [-0.3, -0.25) is 23.7 Å². The predicted molar refractivity (Wildman–Crippen MR) is 152 cm³/mol. The number of hydrogen-bond donors (Lipinski definition) is 3. The zero-order chi connectivity index (χ0) is 31.9. The van der Waals surface area contributed by atoms with E-state index < -0.39 is 48.6 Å². The van der Waals surface area contributed by atoms with Crippen LogP contribution in [0.4, 0.5) is 8.78 Å². The van der Waals surface area contributed by atoms with Gasteiger partial charge in [-0.25, -0.2) is 0 Å². The molecule has 3 N–H and O–H groups in total. The summed E-state index contributed by atoms with van der Waals surface area (Å²) in [7, 11) is -4.23. The van der Waals surface area contributed by atoms with Crippen LogP contribution in [0, 0.1) is 17.2 Å². The number of nitrogens with zero attached hydrogens (tertiary/aromatic N) is 4. The number of benzene rings is 1. The van der Waals surface area contributed by atoms with Gasteiger partial charge < -0.3 is 29.8 Å². The van der Waals surface area contributed by atoms with Gasteiger partial charge >= 0.3 is 13.3 Å². The van der Waals surface area contributed by atoms with Gasteiger partial charge in [0.25, 0.3) is 5.91 Å². The second kappa shape index (κ2) is 12.3. The lowest BCUT2D eigenvalue weighted by atomic mass is 10.1. The smallest absolute Gasteiger partial charge is 0.343 e. The van der Waals surface area contributed by atoms with Crippen LogP contribution in [0.5, 0.6) is 0 Å². The average molecular weight is 640 g/mol. The second-order valence-electron chi connectivity index (χ2n) is 11.0. The molecule has 2 fully saturated rings. The Morgan fingerprint density at radius 1 is 1.26 bits per heavy atom. The van der Waals surface area contributed by atoms with Crippen molar-refractivity contribution in [2.45, 2.75) is 56.9 Å². The van der Waals surface area contributed by atoms with Gasteiger partial charge in [0.1, 0.15) is 12.1 Å². The average Bonchev–Trinajstić information content (AvgIpc) is 3.55. The molecule has 16 heteroatoms. The molecule has 0 bridgehead atoms. The minimum atomic E-state index is -5.80. The summed E-state index contributed by atoms with van der Waals surface area (Å²) in [5.74, 6) is -2.28. The van der Waals surface area contributed by atoms with Crippen molar-refractivity contribution in [3.8, 4) is 6.07 Å². The molecule has 0 aliphatic carbocycles. The third-order valence-corrected chi connectivity index (χ3v) is 9.93. The first kappa shape index (κ1) is 32.5. The third kappa shape index (κ3) is 6.57. The van der Waals surface area contributed by atoms with Crippen molar-refractivity contribution in [3.63, 3.8) is 0 Å². The minimum absolute atomic E-state index is 0.0479. The summed E-state index contributed by atoms with van der Waals surface area (Å²) >= 11 is 0.931. The number of hydrogen-bond acceptors (Lipinski definition) is 7. The van der Waals surface area contributed by atoms with Gasteiger partial charge in [-0.2, -0.15) is 14.0 Å². The maximum Gasteiger partial charge on any atom is 0.399 e. The van der Waals surface area contributed by atoms with Crippen molar-refractivity contribution >= 4 is 52.6 Å². The first-order valence-electron chi connectivity index (χ1n) is 13.6. The SMILES string of the molecule is CC(=O)N1CC[C@H]2CC[C@@H](C(=O)N(C)CC(C)C#N)N2C(=O)C(NC(=O)c2cc3cc(C(F)(F)P(=O)(O)O)ccc3s2)C1. The van der Waals surface area contributed by atoms with Gasteiger partial charge in [0.15, 0.2) is 0 Å². The van der Waals surface area contributed by atoms with E-state index in [1.54, 1.807) is 14.0 Å². The highest BCUT2D eigenvalue weighted by Crippen LogP contribution is 2.59. The summed E-state index contributed by atoms with van der Waals surface area (Å²) in [6.07, 6.45) is 1.36.